The SMILES string of the molecule is O=C(NCC[NH2+]Cc1cccc2ccccc12)c1ccco1. The van der Waals surface area contributed by atoms with E-state index in [1.807, 2.05) is 0 Å². The molecule has 3 rings (SSSR count). The zero-order chi connectivity index (χ0) is 15.2. The van der Waals surface area contributed by atoms with Crippen molar-refractivity contribution in [3.63, 3.8) is 0 Å². The van der Waals surface area contributed by atoms with Crippen LogP contribution in [-0.2, 0) is 6.54 Å². The summed E-state index contributed by atoms with van der Waals surface area (Å²) in [6.07, 6.45) is 1.50. The molecule has 22 heavy (non-hydrogen) atoms. The summed E-state index contributed by atoms with van der Waals surface area (Å²) in [5.74, 6) is 0.192. The number of carbonyl (C=O) groups is 1. The number of furan rings is 1. The molecule has 0 atom stereocenters. The van der Waals surface area contributed by atoms with Crippen LogP contribution in [0.15, 0.2) is 65.3 Å². The van der Waals surface area contributed by atoms with Gasteiger partial charge in [-0.3, -0.25) is 4.79 Å². The van der Waals surface area contributed by atoms with Crippen LogP contribution in [0.2, 0.25) is 0 Å². The normalized spacial score (nSPS) is 10.7. The number of benzene rings is 2. The Labute approximate surface area is 129 Å². The molecule has 0 unspecified atom stereocenters. The number of rotatable bonds is 6. The molecule has 112 valence electrons. The maximum atomic E-state index is 11.7. The Morgan fingerprint density at radius 2 is 1.91 bits per heavy atom. The summed E-state index contributed by atoms with van der Waals surface area (Å²) in [6.45, 7) is 2.35. The molecular weight excluding hydrogens is 276 g/mol. The minimum absolute atomic E-state index is 0.163. The molecule has 1 heterocycles. The van der Waals surface area contributed by atoms with Crippen LogP contribution in [-0.4, -0.2) is 19.0 Å². The molecule has 1 amide bonds. The molecule has 0 saturated heterocycles. The fraction of sp³-hybridized carbons (Fsp3) is 0.167. The van der Waals surface area contributed by atoms with Crippen LogP contribution in [0.4, 0.5) is 0 Å². The van der Waals surface area contributed by atoms with Crippen LogP contribution < -0.4 is 10.6 Å². The molecule has 3 N–H and O–H groups in total. The van der Waals surface area contributed by atoms with Crippen molar-refractivity contribution < 1.29 is 14.5 Å². The lowest BCUT2D eigenvalue weighted by molar-refractivity contribution is -0.668. The quantitative estimate of drug-likeness (QED) is 0.683. The monoisotopic (exact) mass is 295 g/mol. The maximum Gasteiger partial charge on any atom is 0.287 e. The summed E-state index contributed by atoms with van der Waals surface area (Å²) in [5.41, 5.74) is 1.32. The van der Waals surface area contributed by atoms with Gasteiger partial charge in [0.15, 0.2) is 5.76 Å². The van der Waals surface area contributed by atoms with Crippen LogP contribution in [0.5, 0.6) is 0 Å². The average Bonchev–Trinajstić information content (AvgIpc) is 3.09. The van der Waals surface area contributed by atoms with Crippen molar-refractivity contribution in [2.24, 2.45) is 0 Å². The molecule has 0 spiro atoms. The second kappa shape index (κ2) is 6.91. The number of nitrogens with one attached hydrogen (secondary N) is 1. The van der Waals surface area contributed by atoms with Crippen LogP contribution in [0, 0.1) is 0 Å². The summed E-state index contributed by atoms with van der Waals surface area (Å²) in [6, 6.07) is 18.1. The van der Waals surface area contributed by atoms with Gasteiger partial charge in [0.2, 0.25) is 0 Å². The van der Waals surface area contributed by atoms with E-state index >= 15 is 0 Å². The second-order valence-corrected chi connectivity index (χ2v) is 5.15. The maximum absolute atomic E-state index is 11.7. The second-order valence-electron chi connectivity index (χ2n) is 5.15. The Bertz CT molecular complexity index is 745. The zero-order valence-electron chi connectivity index (χ0n) is 12.3. The van der Waals surface area contributed by atoms with E-state index in [0.29, 0.717) is 12.3 Å². The highest BCUT2D eigenvalue weighted by atomic mass is 16.3. The number of carbonyl (C=O) groups excluding carboxylic acids is 1. The number of amides is 1. The molecule has 0 bridgehead atoms. The summed E-state index contributed by atoms with van der Waals surface area (Å²) in [7, 11) is 0. The van der Waals surface area contributed by atoms with Gasteiger partial charge in [-0.2, -0.15) is 0 Å². The Morgan fingerprint density at radius 1 is 1.05 bits per heavy atom. The van der Waals surface area contributed by atoms with E-state index in [2.05, 4.69) is 53.1 Å². The van der Waals surface area contributed by atoms with Gasteiger partial charge in [0.05, 0.1) is 19.4 Å². The first-order valence-electron chi connectivity index (χ1n) is 7.44. The zero-order valence-corrected chi connectivity index (χ0v) is 12.3. The summed E-state index contributed by atoms with van der Waals surface area (Å²) in [4.78, 5) is 11.7. The molecule has 4 nitrogen and oxygen atoms in total. The fourth-order valence-electron chi connectivity index (χ4n) is 2.51. The number of hydrogen-bond acceptors (Lipinski definition) is 2. The van der Waals surface area contributed by atoms with E-state index in [9.17, 15) is 4.79 Å². The van der Waals surface area contributed by atoms with Gasteiger partial charge < -0.3 is 15.1 Å². The van der Waals surface area contributed by atoms with E-state index < -0.39 is 0 Å². The van der Waals surface area contributed by atoms with Crippen molar-refractivity contribution in [1.82, 2.24) is 5.32 Å². The van der Waals surface area contributed by atoms with Crippen LogP contribution >= 0.6 is 0 Å². The topological polar surface area (TPSA) is 58.9 Å². The predicted octanol–water partition coefficient (Wildman–Crippen LogP) is 1.93. The molecule has 0 aliphatic rings. The van der Waals surface area contributed by atoms with Crippen LogP contribution in [0.3, 0.4) is 0 Å². The molecule has 1 aromatic heterocycles. The molecule has 0 saturated carbocycles. The first kappa shape index (κ1) is 14.4. The lowest BCUT2D eigenvalue weighted by atomic mass is 10.0. The molecule has 2 aromatic carbocycles. The van der Waals surface area contributed by atoms with Gasteiger partial charge in [0.1, 0.15) is 6.54 Å². The van der Waals surface area contributed by atoms with E-state index in [0.717, 1.165) is 13.1 Å². The van der Waals surface area contributed by atoms with Gasteiger partial charge in [0, 0.05) is 5.56 Å². The van der Waals surface area contributed by atoms with Gasteiger partial charge in [-0.25, -0.2) is 0 Å². The molecule has 0 radical (unpaired) electrons. The van der Waals surface area contributed by atoms with E-state index in [1.165, 1.54) is 22.6 Å². The predicted molar refractivity (Wildman–Crippen MR) is 85.5 cm³/mol. The van der Waals surface area contributed by atoms with Crippen LogP contribution in [0.1, 0.15) is 16.1 Å². The highest BCUT2D eigenvalue weighted by molar-refractivity contribution is 5.91. The lowest BCUT2D eigenvalue weighted by Gasteiger charge is -2.06. The first-order valence-corrected chi connectivity index (χ1v) is 7.44. The van der Waals surface area contributed by atoms with Crippen molar-refractivity contribution in [1.29, 1.82) is 0 Å². The molecular formula is C18H19N2O2+. The number of quaternary nitrogens is 1. The van der Waals surface area contributed by atoms with Gasteiger partial charge in [0.25, 0.3) is 5.91 Å². The van der Waals surface area contributed by atoms with Gasteiger partial charge in [-0.1, -0.05) is 42.5 Å². The van der Waals surface area contributed by atoms with Gasteiger partial charge in [-0.15, -0.1) is 0 Å². The highest BCUT2D eigenvalue weighted by Gasteiger charge is 2.07. The Morgan fingerprint density at radius 3 is 2.77 bits per heavy atom. The van der Waals surface area contributed by atoms with Crippen molar-refractivity contribution in [2.75, 3.05) is 13.1 Å². The van der Waals surface area contributed by atoms with E-state index in [4.69, 9.17) is 4.42 Å². The Hall–Kier alpha value is -2.59. The molecule has 0 aliphatic heterocycles. The van der Waals surface area contributed by atoms with Crippen molar-refractivity contribution >= 4 is 16.7 Å². The average molecular weight is 295 g/mol. The Kier molecular flexibility index (Phi) is 4.51. The third-order valence-corrected chi connectivity index (χ3v) is 3.62. The summed E-state index contributed by atoms with van der Waals surface area (Å²) >= 11 is 0. The third-order valence-electron chi connectivity index (χ3n) is 3.62. The fourth-order valence-corrected chi connectivity index (χ4v) is 2.51. The minimum atomic E-state index is -0.163. The number of fused-ring (bicyclic) bond motifs is 1. The largest absolute Gasteiger partial charge is 0.459 e. The standard InChI is InChI=1S/C18H18N2O2/c21-18(17-9-4-12-22-17)20-11-10-19-13-15-7-3-6-14-5-1-2-8-16(14)15/h1-9,12,19H,10-11,13H2,(H,20,21)/p+1. The summed E-state index contributed by atoms with van der Waals surface area (Å²) < 4.78 is 5.05. The number of nitrogens with two attached hydrogens (primary N) is 1. The first-order chi connectivity index (χ1) is 10.8. The minimum Gasteiger partial charge on any atom is -0.459 e. The van der Waals surface area contributed by atoms with Gasteiger partial charge in [-0.05, 0) is 22.9 Å². The van der Waals surface area contributed by atoms with Crippen molar-refractivity contribution in [3.8, 4) is 0 Å². The molecule has 4 heteroatoms. The van der Waals surface area contributed by atoms with Crippen LogP contribution in [0.25, 0.3) is 10.8 Å². The third kappa shape index (κ3) is 3.35. The van der Waals surface area contributed by atoms with Crippen molar-refractivity contribution in [2.45, 2.75) is 6.54 Å². The van der Waals surface area contributed by atoms with E-state index in [1.54, 1.807) is 12.1 Å². The Balaban J connectivity index is 1.48. The van der Waals surface area contributed by atoms with E-state index in [-0.39, 0.29) is 5.91 Å². The van der Waals surface area contributed by atoms with Crippen molar-refractivity contribution in [3.05, 3.63) is 72.2 Å². The number of hydrogen-bond donors (Lipinski definition) is 2. The van der Waals surface area contributed by atoms with Gasteiger partial charge >= 0.3 is 0 Å². The molecule has 3 aromatic rings. The molecule has 0 fully saturated rings. The highest BCUT2D eigenvalue weighted by Crippen LogP contribution is 2.17. The molecule has 0 aliphatic carbocycles. The smallest absolute Gasteiger partial charge is 0.287 e. The lowest BCUT2D eigenvalue weighted by Crippen LogP contribution is -2.84. The summed E-state index contributed by atoms with van der Waals surface area (Å²) in [5, 5.41) is 7.60.